The van der Waals surface area contributed by atoms with Gasteiger partial charge in [-0.05, 0) is 62.3 Å². The summed E-state index contributed by atoms with van der Waals surface area (Å²) in [7, 11) is 1.66. The number of primary amides is 1. The van der Waals surface area contributed by atoms with Crippen molar-refractivity contribution in [3.63, 3.8) is 0 Å². The first-order chi connectivity index (χ1) is 16.7. The zero-order valence-electron chi connectivity index (χ0n) is 21.1. The number of amides is 2. The summed E-state index contributed by atoms with van der Waals surface area (Å²) in [5, 5.41) is 11.9. The summed E-state index contributed by atoms with van der Waals surface area (Å²) in [6.07, 6.45) is 2.67. The predicted octanol–water partition coefficient (Wildman–Crippen LogP) is 2.25. The van der Waals surface area contributed by atoms with Crippen molar-refractivity contribution < 1.29 is 18.7 Å². The minimum atomic E-state index is -0.365. The number of ether oxygens (including phenoxy) is 1. The zero-order chi connectivity index (χ0) is 25.5. The summed E-state index contributed by atoms with van der Waals surface area (Å²) < 4.78 is 20.7. The van der Waals surface area contributed by atoms with Crippen LogP contribution in [0.1, 0.15) is 54.9 Å². The molecule has 2 heterocycles. The van der Waals surface area contributed by atoms with Crippen molar-refractivity contribution in [1.29, 1.82) is 0 Å². The number of aryl methyl sites for hydroxylation is 1. The molecule has 0 radical (unpaired) electrons. The second-order valence-corrected chi connectivity index (χ2v) is 9.68. The van der Waals surface area contributed by atoms with Gasteiger partial charge < -0.3 is 20.7 Å². The van der Waals surface area contributed by atoms with Crippen molar-refractivity contribution in [2.24, 2.45) is 17.6 Å². The molecule has 3 N–H and O–H groups in total. The Morgan fingerprint density at radius 1 is 1.31 bits per heavy atom. The van der Waals surface area contributed by atoms with E-state index < -0.39 is 0 Å². The van der Waals surface area contributed by atoms with Crippen molar-refractivity contribution in [1.82, 2.24) is 25.2 Å². The molecule has 1 aromatic heterocycles. The van der Waals surface area contributed by atoms with E-state index in [1.54, 1.807) is 35.7 Å². The fourth-order valence-corrected chi connectivity index (χ4v) is 4.50. The van der Waals surface area contributed by atoms with Crippen LogP contribution in [0.2, 0.25) is 0 Å². The van der Waals surface area contributed by atoms with E-state index in [0.29, 0.717) is 56.0 Å². The van der Waals surface area contributed by atoms with Crippen molar-refractivity contribution in [2.75, 3.05) is 33.4 Å². The Bertz CT molecular complexity index is 1020. The van der Waals surface area contributed by atoms with Gasteiger partial charge in [0.05, 0.1) is 17.3 Å². The number of hydrogen-bond acceptors (Lipinski definition) is 6. The van der Waals surface area contributed by atoms with Crippen LogP contribution in [0.4, 0.5) is 4.39 Å². The molecular formula is C25H37FN6O3. The molecule has 1 aliphatic heterocycles. The van der Waals surface area contributed by atoms with E-state index >= 15 is 0 Å². The lowest BCUT2D eigenvalue weighted by Crippen LogP contribution is -2.54. The number of methoxy groups -OCH3 is 1. The molecule has 2 amide bonds. The van der Waals surface area contributed by atoms with Crippen LogP contribution in [0.25, 0.3) is 5.69 Å². The molecule has 0 unspecified atom stereocenters. The molecule has 3 rings (SSSR count). The fourth-order valence-electron chi connectivity index (χ4n) is 4.50. The molecular weight excluding hydrogens is 451 g/mol. The van der Waals surface area contributed by atoms with Gasteiger partial charge >= 0.3 is 0 Å². The Hall–Kier alpha value is -2.85. The topological polar surface area (TPSA) is 115 Å². The molecule has 0 bridgehead atoms. The Morgan fingerprint density at radius 3 is 2.74 bits per heavy atom. The molecule has 1 aliphatic rings. The number of rotatable bonds is 11. The van der Waals surface area contributed by atoms with Crippen LogP contribution in [-0.2, 0) is 16.0 Å². The number of hydrogen-bond donors (Lipinski definition) is 2. The second kappa shape index (κ2) is 12.2. The fraction of sp³-hybridized carbons (Fsp3) is 0.600. The van der Waals surface area contributed by atoms with Crippen LogP contribution in [0, 0.1) is 24.6 Å². The molecule has 2 aromatic rings. The molecule has 9 nitrogen and oxygen atoms in total. The highest BCUT2D eigenvalue weighted by Gasteiger charge is 2.35. The molecule has 0 saturated carbocycles. The molecule has 1 aromatic carbocycles. The van der Waals surface area contributed by atoms with E-state index in [1.165, 1.54) is 6.07 Å². The quantitative estimate of drug-likeness (QED) is 0.469. The van der Waals surface area contributed by atoms with Crippen LogP contribution >= 0.6 is 0 Å². The number of unbranched alkanes of at least 4 members (excludes halogenated alkanes) is 1. The van der Waals surface area contributed by atoms with Gasteiger partial charge in [-0.3, -0.25) is 9.59 Å². The number of benzene rings is 1. The van der Waals surface area contributed by atoms with Crippen LogP contribution < -0.4 is 11.1 Å². The van der Waals surface area contributed by atoms with Crippen LogP contribution in [0.3, 0.4) is 0 Å². The molecule has 35 heavy (non-hydrogen) atoms. The van der Waals surface area contributed by atoms with Gasteiger partial charge in [0.25, 0.3) is 5.91 Å². The highest BCUT2D eigenvalue weighted by atomic mass is 19.1. The SMILES string of the molecule is COCCCCc1c(C(=O)N(CC(C)C)[C@@H]2CNC[C@H](C(N)=O)C2)nnn1-c1ccc(F)c(C)c1. The zero-order valence-corrected chi connectivity index (χ0v) is 21.1. The maximum absolute atomic E-state index is 13.9. The van der Waals surface area contributed by atoms with Gasteiger partial charge in [0.1, 0.15) is 5.82 Å². The van der Waals surface area contributed by atoms with E-state index in [0.717, 1.165) is 12.8 Å². The third-order valence-electron chi connectivity index (χ3n) is 6.36. The third kappa shape index (κ3) is 6.64. The highest BCUT2D eigenvalue weighted by molar-refractivity contribution is 5.93. The Balaban J connectivity index is 1.97. The Morgan fingerprint density at radius 2 is 2.09 bits per heavy atom. The number of carbonyl (C=O) groups is 2. The third-order valence-corrected chi connectivity index (χ3v) is 6.36. The lowest BCUT2D eigenvalue weighted by Gasteiger charge is -2.37. The van der Waals surface area contributed by atoms with Crippen molar-refractivity contribution in [2.45, 2.75) is 52.5 Å². The molecule has 1 saturated heterocycles. The first-order valence-electron chi connectivity index (χ1n) is 12.2. The van der Waals surface area contributed by atoms with Crippen LogP contribution in [0.5, 0.6) is 0 Å². The monoisotopic (exact) mass is 488 g/mol. The van der Waals surface area contributed by atoms with E-state index in [1.807, 2.05) is 13.8 Å². The first-order valence-corrected chi connectivity index (χ1v) is 12.2. The van der Waals surface area contributed by atoms with E-state index in [-0.39, 0.29) is 41.2 Å². The molecule has 2 atom stereocenters. The lowest BCUT2D eigenvalue weighted by atomic mass is 9.93. The number of nitrogens with two attached hydrogens (primary N) is 1. The summed E-state index contributed by atoms with van der Waals surface area (Å²) in [4.78, 5) is 27.6. The van der Waals surface area contributed by atoms with Gasteiger partial charge in [-0.1, -0.05) is 19.1 Å². The molecule has 192 valence electrons. The van der Waals surface area contributed by atoms with Gasteiger partial charge in [0, 0.05) is 39.4 Å². The van der Waals surface area contributed by atoms with Crippen LogP contribution in [0.15, 0.2) is 18.2 Å². The molecule has 0 aliphatic carbocycles. The lowest BCUT2D eigenvalue weighted by molar-refractivity contribution is -0.122. The molecule has 0 spiro atoms. The first kappa shape index (κ1) is 26.7. The summed E-state index contributed by atoms with van der Waals surface area (Å²) in [6, 6.07) is 4.55. The minimum absolute atomic E-state index is 0.185. The van der Waals surface area contributed by atoms with Crippen molar-refractivity contribution >= 4 is 11.8 Å². The molecule has 10 heteroatoms. The average Bonchev–Trinajstić information content (AvgIpc) is 3.25. The number of halogens is 1. The van der Waals surface area contributed by atoms with Crippen molar-refractivity contribution in [3.8, 4) is 5.69 Å². The average molecular weight is 489 g/mol. The van der Waals surface area contributed by atoms with Crippen LogP contribution in [-0.4, -0.2) is 71.1 Å². The minimum Gasteiger partial charge on any atom is -0.385 e. The largest absolute Gasteiger partial charge is 0.385 e. The number of nitrogens with zero attached hydrogens (tertiary/aromatic N) is 4. The summed E-state index contributed by atoms with van der Waals surface area (Å²) in [5.74, 6) is -1.00. The Kier molecular flexibility index (Phi) is 9.33. The van der Waals surface area contributed by atoms with Gasteiger partial charge in [-0.15, -0.1) is 5.10 Å². The normalized spacial score (nSPS) is 18.1. The van der Waals surface area contributed by atoms with Gasteiger partial charge in [0.2, 0.25) is 5.91 Å². The number of nitrogens with one attached hydrogen (secondary N) is 1. The maximum Gasteiger partial charge on any atom is 0.276 e. The second-order valence-electron chi connectivity index (χ2n) is 9.68. The molecule has 1 fully saturated rings. The number of carbonyl (C=O) groups excluding carboxylic acids is 2. The van der Waals surface area contributed by atoms with Gasteiger partial charge in [-0.2, -0.15) is 0 Å². The van der Waals surface area contributed by atoms with Gasteiger partial charge in [-0.25, -0.2) is 9.07 Å². The van der Waals surface area contributed by atoms with E-state index in [4.69, 9.17) is 10.5 Å². The summed E-state index contributed by atoms with van der Waals surface area (Å²) >= 11 is 0. The summed E-state index contributed by atoms with van der Waals surface area (Å²) in [6.45, 7) is 8.01. The number of aromatic nitrogens is 3. The van der Waals surface area contributed by atoms with Crippen molar-refractivity contribution in [3.05, 3.63) is 41.0 Å². The van der Waals surface area contributed by atoms with Gasteiger partial charge in [0.15, 0.2) is 5.69 Å². The van der Waals surface area contributed by atoms with E-state index in [9.17, 15) is 14.0 Å². The maximum atomic E-state index is 13.9. The highest BCUT2D eigenvalue weighted by Crippen LogP contribution is 2.23. The van der Waals surface area contributed by atoms with E-state index in [2.05, 4.69) is 15.6 Å². The Labute approximate surface area is 206 Å². The predicted molar refractivity (Wildman–Crippen MR) is 131 cm³/mol. The standard InChI is InChI=1S/C25H37FN6O3/c1-16(2)15-31(20-12-18(24(27)33)13-28-14-20)25(34)23-22(7-5-6-10-35-4)32(30-29-23)19-8-9-21(26)17(3)11-19/h8-9,11,16,18,20,28H,5-7,10,12-15H2,1-4H3,(H2,27,33)/t18-,20+/m1/s1. The summed E-state index contributed by atoms with van der Waals surface area (Å²) in [5.41, 5.74) is 7.68. The number of piperidine rings is 1. The smallest absolute Gasteiger partial charge is 0.276 e.